The number of nitrogens with zero attached hydrogens (tertiary/aromatic N) is 1. The molecule has 1 heterocycles. The van der Waals surface area contributed by atoms with Gasteiger partial charge in [-0.2, -0.15) is 0 Å². The number of rotatable bonds is 4. The maximum atomic E-state index is 14.9. The van der Waals surface area contributed by atoms with Gasteiger partial charge in [0.15, 0.2) is 0 Å². The van der Waals surface area contributed by atoms with Crippen LogP contribution in [-0.2, 0) is 16.6 Å². The second-order valence-electron chi connectivity index (χ2n) is 7.25. The van der Waals surface area contributed by atoms with Crippen LogP contribution < -0.4 is 10.0 Å². The molecule has 0 fully saturated rings. The molecule has 0 saturated heterocycles. The topological polar surface area (TPSA) is 70.6 Å². The van der Waals surface area contributed by atoms with Crippen LogP contribution in [0.25, 0.3) is 0 Å². The number of fused-ring (bicyclic) bond motifs is 1. The molecule has 5 nitrogen and oxygen atoms in total. The first-order valence-corrected chi connectivity index (χ1v) is 11.8. The van der Waals surface area contributed by atoms with E-state index in [1.54, 1.807) is 31.2 Å². The molecule has 1 aliphatic rings. The molecule has 0 unspecified atom stereocenters. The van der Waals surface area contributed by atoms with Gasteiger partial charge in [-0.25, -0.2) is 26.9 Å². The lowest BCUT2D eigenvalue weighted by Crippen LogP contribution is -2.41. The van der Waals surface area contributed by atoms with Crippen molar-refractivity contribution >= 4 is 44.9 Å². The zero-order valence-electron chi connectivity index (χ0n) is 16.7. The Labute approximate surface area is 194 Å². The molecule has 0 radical (unpaired) electrons. The van der Waals surface area contributed by atoms with Gasteiger partial charge in [-0.15, -0.1) is 0 Å². The number of hydrogen-bond donors (Lipinski definition) is 2. The van der Waals surface area contributed by atoms with E-state index in [4.69, 9.17) is 23.2 Å². The number of hydrogen-bond acceptors (Lipinski definition) is 3. The van der Waals surface area contributed by atoms with Gasteiger partial charge in [0.1, 0.15) is 16.5 Å². The molecule has 0 aliphatic carbocycles. The molecular formula is C22H17Cl2F2N3O2S. The largest absolute Gasteiger partial charge is 0.324 e. The number of sulfonamides is 1. The predicted molar refractivity (Wildman–Crippen MR) is 122 cm³/mol. The maximum absolute atomic E-state index is 14.9. The van der Waals surface area contributed by atoms with Gasteiger partial charge >= 0.3 is 0 Å². The van der Waals surface area contributed by atoms with Crippen molar-refractivity contribution in [3.05, 3.63) is 93.0 Å². The SMILES string of the molecule is C[C@H](c1ccccc1F)c1c(F)ccc2c1NC(=NCc1cc(Cl)cc(Cl)c1)NS2(=O)=O. The van der Waals surface area contributed by atoms with E-state index in [1.807, 2.05) is 0 Å². The molecule has 10 heteroatoms. The predicted octanol–water partition coefficient (Wildman–Crippen LogP) is 5.68. The van der Waals surface area contributed by atoms with Crippen molar-refractivity contribution in [2.24, 2.45) is 4.99 Å². The Morgan fingerprint density at radius 1 is 1.00 bits per heavy atom. The van der Waals surface area contributed by atoms with Gasteiger partial charge in [0, 0.05) is 21.5 Å². The lowest BCUT2D eigenvalue weighted by Gasteiger charge is -2.26. The van der Waals surface area contributed by atoms with E-state index in [1.165, 1.54) is 18.2 Å². The van der Waals surface area contributed by atoms with Crippen LogP contribution in [0.5, 0.6) is 0 Å². The number of benzene rings is 3. The number of guanidine groups is 1. The minimum absolute atomic E-state index is 0.0161. The van der Waals surface area contributed by atoms with E-state index in [0.717, 1.165) is 12.1 Å². The molecule has 0 spiro atoms. The van der Waals surface area contributed by atoms with Crippen LogP contribution in [0.15, 0.2) is 64.5 Å². The summed E-state index contributed by atoms with van der Waals surface area (Å²) in [5.74, 6) is -2.04. The summed E-state index contributed by atoms with van der Waals surface area (Å²) in [6.07, 6.45) is 0. The summed E-state index contributed by atoms with van der Waals surface area (Å²) in [6.45, 7) is 1.67. The highest BCUT2D eigenvalue weighted by molar-refractivity contribution is 7.90. The fourth-order valence-corrected chi connectivity index (χ4v) is 5.33. The Morgan fingerprint density at radius 3 is 2.38 bits per heavy atom. The number of nitrogens with one attached hydrogen (secondary N) is 2. The molecule has 2 N–H and O–H groups in total. The normalized spacial score (nSPS) is 16.7. The average molecular weight is 496 g/mol. The van der Waals surface area contributed by atoms with Crippen molar-refractivity contribution in [2.75, 3.05) is 5.32 Å². The van der Waals surface area contributed by atoms with Crippen molar-refractivity contribution < 1.29 is 17.2 Å². The van der Waals surface area contributed by atoms with Crippen LogP contribution in [0.4, 0.5) is 14.5 Å². The summed E-state index contributed by atoms with van der Waals surface area (Å²) >= 11 is 12.0. The smallest absolute Gasteiger partial charge is 0.266 e. The lowest BCUT2D eigenvalue weighted by atomic mass is 9.91. The third-order valence-corrected chi connectivity index (χ3v) is 6.88. The van der Waals surface area contributed by atoms with Crippen LogP contribution in [0.1, 0.15) is 29.5 Å². The summed E-state index contributed by atoms with van der Waals surface area (Å²) in [4.78, 5) is 4.10. The lowest BCUT2D eigenvalue weighted by molar-refractivity contribution is 0.577. The quantitative estimate of drug-likeness (QED) is 0.488. The first-order valence-electron chi connectivity index (χ1n) is 9.52. The van der Waals surface area contributed by atoms with Gasteiger partial charge in [-0.3, -0.25) is 0 Å². The van der Waals surface area contributed by atoms with E-state index in [9.17, 15) is 17.2 Å². The zero-order valence-corrected chi connectivity index (χ0v) is 19.0. The Bertz CT molecular complexity index is 1330. The van der Waals surface area contributed by atoms with Crippen molar-refractivity contribution in [3.63, 3.8) is 0 Å². The molecule has 166 valence electrons. The molecule has 3 aromatic carbocycles. The van der Waals surface area contributed by atoms with Gasteiger partial charge in [0.05, 0.1) is 12.2 Å². The highest BCUT2D eigenvalue weighted by atomic mass is 35.5. The Kier molecular flexibility index (Phi) is 6.11. The van der Waals surface area contributed by atoms with E-state index in [2.05, 4.69) is 15.0 Å². The molecule has 1 atom stereocenters. The Balaban J connectivity index is 1.77. The molecule has 0 amide bonds. The van der Waals surface area contributed by atoms with Crippen molar-refractivity contribution in [1.82, 2.24) is 4.72 Å². The Morgan fingerprint density at radius 2 is 1.69 bits per heavy atom. The second kappa shape index (κ2) is 8.69. The van der Waals surface area contributed by atoms with Crippen LogP contribution in [0.3, 0.4) is 0 Å². The maximum Gasteiger partial charge on any atom is 0.266 e. The fourth-order valence-electron chi connectivity index (χ4n) is 3.60. The molecule has 0 bridgehead atoms. The highest BCUT2D eigenvalue weighted by Gasteiger charge is 2.32. The van der Waals surface area contributed by atoms with Gasteiger partial charge in [0.2, 0.25) is 5.96 Å². The molecular weight excluding hydrogens is 479 g/mol. The van der Waals surface area contributed by atoms with Gasteiger partial charge in [0.25, 0.3) is 10.0 Å². The van der Waals surface area contributed by atoms with E-state index >= 15 is 0 Å². The van der Waals surface area contributed by atoms with Crippen LogP contribution in [0.2, 0.25) is 10.0 Å². The molecule has 0 saturated carbocycles. The third kappa shape index (κ3) is 4.44. The van der Waals surface area contributed by atoms with Crippen LogP contribution >= 0.6 is 23.2 Å². The molecule has 32 heavy (non-hydrogen) atoms. The van der Waals surface area contributed by atoms with Crippen molar-refractivity contribution in [2.45, 2.75) is 24.3 Å². The second-order valence-corrected chi connectivity index (χ2v) is 9.77. The first kappa shape index (κ1) is 22.5. The van der Waals surface area contributed by atoms with Crippen molar-refractivity contribution in [3.8, 4) is 0 Å². The fraction of sp³-hybridized carbons (Fsp3) is 0.136. The molecule has 3 aromatic rings. The average Bonchev–Trinajstić information content (AvgIpc) is 2.71. The first-order chi connectivity index (χ1) is 15.2. The summed E-state index contributed by atoms with van der Waals surface area (Å²) in [5, 5.41) is 3.69. The van der Waals surface area contributed by atoms with E-state index in [-0.39, 0.29) is 34.2 Å². The summed E-state index contributed by atoms with van der Waals surface area (Å²) in [5.41, 5.74) is 0.934. The zero-order chi connectivity index (χ0) is 23.0. The summed E-state index contributed by atoms with van der Waals surface area (Å²) in [6, 6.07) is 13.0. The number of anilines is 1. The van der Waals surface area contributed by atoms with Crippen LogP contribution in [0, 0.1) is 11.6 Å². The number of aliphatic imine (C=N–C) groups is 1. The minimum atomic E-state index is -4.03. The third-order valence-electron chi connectivity index (χ3n) is 5.06. The summed E-state index contributed by atoms with van der Waals surface area (Å²) in [7, 11) is -4.03. The molecule has 1 aliphatic heterocycles. The minimum Gasteiger partial charge on any atom is -0.324 e. The standard InChI is InChI=1S/C22H17Cl2F2N3O2S/c1-12(16-4-2-3-5-17(16)25)20-18(26)6-7-19-21(20)28-22(29-32(19,30)31)27-11-13-8-14(23)10-15(24)9-13/h2-10,12H,11H2,1H3,(H2,27,28,29)/t12-/m1/s1. The molecule has 4 rings (SSSR count). The van der Waals surface area contributed by atoms with Gasteiger partial charge < -0.3 is 5.32 Å². The number of halogens is 4. The summed E-state index contributed by atoms with van der Waals surface area (Å²) < 4.78 is 57.3. The van der Waals surface area contributed by atoms with Crippen LogP contribution in [-0.4, -0.2) is 14.4 Å². The van der Waals surface area contributed by atoms with E-state index < -0.39 is 27.6 Å². The highest BCUT2D eigenvalue weighted by Crippen LogP contribution is 2.38. The van der Waals surface area contributed by atoms with Crippen molar-refractivity contribution in [1.29, 1.82) is 0 Å². The van der Waals surface area contributed by atoms with Gasteiger partial charge in [-0.1, -0.05) is 48.3 Å². The van der Waals surface area contributed by atoms with Gasteiger partial charge in [-0.05, 0) is 47.5 Å². The Hall–Kier alpha value is -2.68. The monoisotopic (exact) mass is 495 g/mol. The van der Waals surface area contributed by atoms with E-state index in [0.29, 0.717) is 15.6 Å². The molecule has 0 aromatic heterocycles.